The van der Waals surface area contributed by atoms with Crippen LogP contribution in [0.2, 0.25) is 0 Å². The second kappa shape index (κ2) is 5.78. The number of rotatable bonds is 5. The van der Waals surface area contributed by atoms with Crippen LogP contribution in [0.25, 0.3) is 0 Å². The van der Waals surface area contributed by atoms with Gasteiger partial charge in [0.05, 0.1) is 6.10 Å². The molecule has 2 aliphatic carbocycles. The van der Waals surface area contributed by atoms with Gasteiger partial charge in [0, 0.05) is 28.6 Å². The molecule has 0 aliphatic heterocycles. The van der Waals surface area contributed by atoms with Crippen molar-refractivity contribution in [3.63, 3.8) is 0 Å². The normalized spacial score (nSPS) is 28.8. The third-order valence-electron chi connectivity index (χ3n) is 5.26. The molecule has 2 saturated carbocycles. The molecule has 3 atom stereocenters. The molecule has 0 amide bonds. The Morgan fingerprint density at radius 3 is 2.75 bits per heavy atom. The van der Waals surface area contributed by atoms with Crippen molar-refractivity contribution in [3.05, 3.63) is 34.3 Å². The highest BCUT2D eigenvalue weighted by Gasteiger charge is 2.58. The van der Waals surface area contributed by atoms with Gasteiger partial charge in [-0.25, -0.2) is 0 Å². The molecule has 0 saturated heterocycles. The fraction of sp³-hybridized carbons (Fsp3) is 0.647. The Balaban J connectivity index is 1.66. The summed E-state index contributed by atoms with van der Waals surface area (Å²) in [4.78, 5) is 0. The van der Waals surface area contributed by atoms with E-state index in [0.29, 0.717) is 23.6 Å². The summed E-state index contributed by atoms with van der Waals surface area (Å²) in [5.74, 6) is 0. The summed E-state index contributed by atoms with van der Waals surface area (Å²) in [7, 11) is 0. The molecule has 1 spiro atoms. The third-order valence-corrected chi connectivity index (χ3v) is 5.98. The fourth-order valence-electron chi connectivity index (χ4n) is 3.89. The molecular formula is C17H24BrNO. The van der Waals surface area contributed by atoms with Gasteiger partial charge < -0.3 is 10.1 Å². The summed E-state index contributed by atoms with van der Waals surface area (Å²) in [6.07, 6.45) is 5.69. The molecule has 2 fully saturated rings. The molecule has 3 unspecified atom stereocenters. The van der Waals surface area contributed by atoms with E-state index in [2.05, 4.69) is 59.4 Å². The summed E-state index contributed by atoms with van der Waals surface area (Å²) >= 11 is 3.66. The zero-order valence-electron chi connectivity index (χ0n) is 12.4. The largest absolute Gasteiger partial charge is 0.378 e. The molecule has 2 nitrogen and oxygen atoms in total. The van der Waals surface area contributed by atoms with Gasteiger partial charge in [0.2, 0.25) is 0 Å². The van der Waals surface area contributed by atoms with Gasteiger partial charge in [0.1, 0.15) is 0 Å². The van der Waals surface area contributed by atoms with E-state index in [1.807, 2.05) is 0 Å². The third kappa shape index (κ3) is 2.34. The van der Waals surface area contributed by atoms with Crippen LogP contribution in [0.4, 0.5) is 0 Å². The smallest absolute Gasteiger partial charge is 0.0661 e. The molecule has 0 aromatic heterocycles. The predicted molar refractivity (Wildman–Crippen MR) is 85.8 cm³/mol. The molecule has 0 radical (unpaired) electrons. The Morgan fingerprint density at radius 2 is 2.15 bits per heavy atom. The standard InChI is InChI=1S/C17H24BrNO/c1-3-20-16-11-15(17(16)9-6-10-17)19-12(2)13-7-4-5-8-14(13)18/h4-5,7-8,12,15-16,19H,3,6,9-11H2,1-2H3. The highest BCUT2D eigenvalue weighted by Crippen LogP contribution is 2.57. The molecule has 1 N–H and O–H groups in total. The number of hydrogen-bond donors (Lipinski definition) is 1. The SMILES string of the molecule is CCOC1CC(NC(C)c2ccccc2Br)C12CCC2. The van der Waals surface area contributed by atoms with Gasteiger partial charge in [0.15, 0.2) is 0 Å². The average molecular weight is 338 g/mol. The van der Waals surface area contributed by atoms with Gasteiger partial charge in [-0.2, -0.15) is 0 Å². The molecule has 1 aromatic rings. The van der Waals surface area contributed by atoms with Gasteiger partial charge in [0.25, 0.3) is 0 Å². The molecular weight excluding hydrogens is 314 g/mol. The Kier molecular flexibility index (Phi) is 4.21. The first-order chi connectivity index (χ1) is 9.67. The minimum Gasteiger partial charge on any atom is -0.378 e. The Morgan fingerprint density at radius 1 is 1.40 bits per heavy atom. The van der Waals surface area contributed by atoms with E-state index < -0.39 is 0 Å². The van der Waals surface area contributed by atoms with Crippen molar-refractivity contribution in [2.45, 2.75) is 57.7 Å². The molecule has 110 valence electrons. The lowest BCUT2D eigenvalue weighted by atomic mass is 9.51. The summed E-state index contributed by atoms with van der Waals surface area (Å²) in [6, 6.07) is 9.51. The van der Waals surface area contributed by atoms with Crippen molar-refractivity contribution < 1.29 is 4.74 Å². The van der Waals surface area contributed by atoms with Crippen LogP contribution in [0, 0.1) is 5.41 Å². The second-order valence-electron chi connectivity index (χ2n) is 6.23. The van der Waals surface area contributed by atoms with Crippen LogP contribution in [0.1, 0.15) is 51.1 Å². The summed E-state index contributed by atoms with van der Waals surface area (Å²) < 4.78 is 7.13. The van der Waals surface area contributed by atoms with E-state index >= 15 is 0 Å². The van der Waals surface area contributed by atoms with Crippen molar-refractivity contribution in [1.29, 1.82) is 0 Å². The maximum Gasteiger partial charge on any atom is 0.0661 e. The van der Waals surface area contributed by atoms with Gasteiger partial charge in [-0.15, -0.1) is 0 Å². The monoisotopic (exact) mass is 337 g/mol. The van der Waals surface area contributed by atoms with Crippen molar-refractivity contribution in [1.82, 2.24) is 5.32 Å². The minimum absolute atomic E-state index is 0.385. The number of hydrogen-bond acceptors (Lipinski definition) is 2. The van der Waals surface area contributed by atoms with Crippen LogP contribution in [-0.2, 0) is 4.74 Å². The van der Waals surface area contributed by atoms with Crippen LogP contribution in [0.15, 0.2) is 28.7 Å². The molecule has 0 heterocycles. The highest BCUT2D eigenvalue weighted by molar-refractivity contribution is 9.10. The van der Waals surface area contributed by atoms with E-state index in [-0.39, 0.29) is 0 Å². The minimum atomic E-state index is 0.385. The van der Waals surface area contributed by atoms with E-state index in [9.17, 15) is 0 Å². The van der Waals surface area contributed by atoms with Crippen LogP contribution in [0.3, 0.4) is 0 Å². The van der Waals surface area contributed by atoms with Gasteiger partial charge in [-0.3, -0.25) is 0 Å². The van der Waals surface area contributed by atoms with Crippen molar-refractivity contribution in [3.8, 4) is 0 Å². The van der Waals surface area contributed by atoms with E-state index in [1.165, 1.54) is 35.7 Å². The lowest BCUT2D eigenvalue weighted by Crippen LogP contribution is -2.67. The highest BCUT2D eigenvalue weighted by atomic mass is 79.9. The summed E-state index contributed by atoms with van der Waals surface area (Å²) in [5.41, 5.74) is 1.78. The fourth-order valence-corrected chi connectivity index (χ4v) is 4.52. The first kappa shape index (κ1) is 14.6. The van der Waals surface area contributed by atoms with Gasteiger partial charge in [-0.05, 0) is 44.7 Å². The number of halogens is 1. The Labute approximate surface area is 130 Å². The number of nitrogens with one attached hydrogen (secondary N) is 1. The van der Waals surface area contributed by atoms with E-state index in [1.54, 1.807) is 0 Å². The van der Waals surface area contributed by atoms with Gasteiger partial charge >= 0.3 is 0 Å². The molecule has 20 heavy (non-hydrogen) atoms. The lowest BCUT2D eigenvalue weighted by Gasteiger charge is -2.61. The second-order valence-corrected chi connectivity index (χ2v) is 7.08. The quantitative estimate of drug-likeness (QED) is 0.857. The van der Waals surface area contributed by atoms with Crippen LogP contribution in [-0.4, -0.2) is 18.8 Å². The average Bonchev–Trinajstić information content (AvgIpc) is 2.35. The van der Waals surface area contributed by atoms with Crippen molar-refractivity contribution in [2.75, 3.05) is 6.61 Å². The van der Waals surface area contributed by atoms with Crippen LogP contribution in [0.5, 0.6) is 0 Å². The van der Waals surface area contributed by atoms with Crippen molar-refractivity contribution in [2.24, 2.45) is 5.41 Å². The van der Waals surface area contributed by atoms with E-state index in [0.717, 1.165) is 6.61 Å². The predicted octanol–water partition coefficient (Wildman–Crippen LogP) is 4.45. The molecule has 0 bridgehead atoms. The maximum absolute atomic E-state index is 5.93. The zero-order valence-corrected chi connectivity index (χ0v) is 13.9. The van der Waals surface area contributed by atoms with Crippen LogP contribution >= 0.6 is 15.9 Å². The molecule has 1 aromatic carbocycles. The van der Waals surface area contributed by atoms with Gasteiger partial charge in [-0.1, -0.05) is 40.5 Å². The first-order valence-corrected chi connectivity index (χ1v) is 8.59. The maximum atomic E-state index is 5.93. The molecule has 3 heteroatoms. The van der Waals surface area contributed by atoms with Crippen molar-refractivity contribution >= 4 is 15.9 Å². The van der Waals surface area contributed by atoms with Crippen LogP contribution < -0.4 is 5.32 Å². The number of ether oxygens (including phenoxy) is 1. The number of benzene rings is 1. The topological polar surface area (TPSA) is 21.3 Å². The zero-order chi connectivity index (χ0) is 14.2. The summed E-state index contributed by atoms with van der Waals surface area (Å²) in [6.45, 7) is 5.22. The first-order valence-electron chi connectivity index (χ1n) is 7.79. The lowest BCUT2D eigenvalue weighted by molar-refractivity contribution is -0.174. The van der Waals surface area contributed by atoms with E-state index in [4.69, 9.17) is 4.74 Å². The Bertz CT molecular complexity index is 472. The molecule has 2 aliphatic rings. The summed E-state index contributed by atoms with van der Waals surface area (Å²) in [5, 5.41) is 3.84. The Hall–Kier alpha value is -0.380. The molecule has 3 rings (SSSR count).